The van der Waals surface area contributed by atoms with Gasteiger partial charge in [0.25, 0.3) is 0 Å². The van der Waals surface area contributed by atoms with E-state index in [-0.39, 0.29) is 5.41 Å². The highest BCUT2D eigenvalue weighted by Gasteiger charge is 2.31. The lowest BCUT2D eigenvalue weighted by Gasteiger charge is -2.31. The van der Waals surface area contributed by atoms with E-state index >= 15 is 0 Å². The molecule has 0 radical (unpaired) electrons. The fraction of sp³-hybridized carbons (Fsp3) is 0.667. The number of aliphatic hydroxyl groups is 1. The third kappa shape index (κ3) is 2.78. The summed E-state index contributed by atoms with van der Waals surface area (Å²) in [6.07, 6.45) is 6.40. The number of halogens is 1. The minimum atomic E-state index is -0.143. The molecule has 1 aliphatic rings. The van der Waals surface area contributed by atoms with E-state index < -0.39 is 0 Å². The average Bonchev–Trinajstić information content (AvgIpc) is 2.09. The molecule has 1 unspecified atom stereocenters. The van der Waals surface area contributed by atoms with Crippen molar-refractivity contribution in [3.8, 4) is 0 Å². The second-order valence-electron chi connectivity index (χ2n) is 4.84. The standard InChI is InChI=1S/C12H19ClO/c1-9(2)6-7-12(3)8-10(13)4-5-11(12)14/h4-5,9,14H,6-8H2,1-3H3. The maximum absolute atomic E-state index is 9.82. The van der Waals surface area contributed by atoms with Crippen LogP contribution >= 0.6 is 11.6 Å². The molecule has 0 heterocycles. The van der Waals surface area contributed by atoms with Crippen LogP contribution in [0.4, 0.5) is 0 Å². The molecule has 0 aromatic rings. The van der Waals surface area contributed by atoms with Crippen LogP contribution in [-0.2, 0) is 0 Å². The summed E-state index contributed by atoms with van der Waals surface area (Å²) in [4.78, 5) is 0. The van der Waals surface area contributed by atoms with Crippen molar-refractivity contribution < 1.29 is 5.11 Å². The summed E-state index contributed by atoms with van der Waals surface area (Å²) >= 11 is 5.99. The van der Waals surface area contributed by atoms with Crippen molar-refractivity contribution in [3.63, 3.8) is 0 Å². The molecule has 0 aliphatic heterocycles. The largest absolute Gasteiger partial charge is 0.512 e. The molecule has 0 fully saturated rings. The van der Waals surface area contributed by atoms with E-state index in [1.807, 2.05) is 0 Å². The molecule has 1 N–H and O–H groups in total. The molecule has 14 heavy (non-hydrogen) atoms. The zero-order valence-corrected chi connectivity index (χ0v) is 9.93. The van der Waals surface area contributed by atoms with Gasteiger partial charge in [-0.15, -0.1) is 0 Å². The molecule has 0 bridgehead atoms. The summed E-state index contributed by atoms with van der Waals surface area (Å²) in [7, 11) is 0. The zero-order chi connectivity index (χ0) is 10.8. The molecule has 0 saturated heterocycles. The molecule has 1 aliphatic carbocycles. The van der Waals surface area contributed by atoms with Gasteiger partial charge in [0, 0.05) is 10.4 Å². The molecule has 1 atom stereocenters. The Kier molecular flexibility index (Phi) is 3.65. The van der Waals surface area contributed by atoms with E-state index in [9.17, 15) is 5.11 Å². The monoisotopic (exact) mass is 214 g/mol. The fourth-order valence-corrected chi connectivity index (χ4v) is 2.07. The van der Waals surface area contributed by atoms with Gasteiger partial charge in [0.05, 0.1) is 5.76 Å². The van der Waals surface area contributed by atoms with Gasteiger partial charge < -0.3 is 5.11 Å². The molecule has 0 saturated carbocycles. The van der Waals surface area contributed by atoms with Gasteiger partial charge in [0.15, 0.2) is 0 Å². The number of allylic oxidation sites excluding steroid dienone is 4. The molecule has 1 nitrogen and oxygen atoms in total. The van der Waals surface area contributed by atoms with Gasteiger partial charge in [-0.1, -0.05) is 38.8 Å². The predicted octanol–water partition coefficient (Wildman–Crippen LogP) is 4.40. The quantitative estimate of drug-likeness (QED) is 0.739. The maximum atomic E-state index is 9.82. The summed E-state index contributed by atoms with van der Waals surface area (Å²) in [6, 6.07) is 0. The topological polar surface area (TPSA) is 20.2 Å². The van der Waals surface area contributed by atoms with E-state index in [1.54, 1.807) is 12.2 Å². The van der Waals surface area contributed by atoms with Crippen LogP contribution in [0.2, 0.25) is 0 Å². The van der Waals surface area contributed by atoms with Crippen LogP contribution in [0.1, 0.15) is 40.0 Å². The first-order chi connectivity index (χ1) is 6.44. The van der Waals surface area contributed by atoms with Crippen LogP contribution in [0, 0.1) is 11.3 Å². The van der Waals surface area contributed by atoms with Crippen LogP contribution in [-0.4, -0.2) is 5.11 Å². The van der Waals surface area contributed by atoms with Crippen molar-refractivity contribution in [2.45, 2.75) is 40.0 Å². The van der Waals surface area contributed by atoms with Crippen LogP contribution in [0.3, 0.4) is 0 Å². The van der Waals surface area contributed by atoms with Gasteiger partial charge in [-0.25, -0.2) is 0 Å². The van der Waals surface area contributed by atoms with E-state index in [0.717, 1.165) is 24.3 Å². The molecular weight excluding hydrogens is 196 g/mol. The minimum absolute atomic E-state index is 0.143. The Morgan fingerprint density at radius 2 is 2.14 bits per heavy atom. The van der Waals surface area contributed by atoms with E-state index in [0.29, 0.717) is 11.7 Å². The second kappa shape index (κ2) is 4.39. The van der Waals surface area contributed by atoms with Crippen LogP contribution in [0.25, 0.3) is 0 Å². The van der Waals surface area contributed by atoms with Crippen molar-refractivity contribution in [1.29, 1.82) is 0 Å². The highest BCUT2D eigenvalue weighted by atomic mass is 35.5. The van der Waals surface area contributed by atoms with Gasteiger partial charge in [-0.3, -0.25) is 0 Å². The van der Waals surface area contributed by atoms with Crippen molar-refractivity contribution in [3.05, 3.63) is 22.9 Å². The Hall–Kier alpha value is -0.430. The van der Waals surface area contributed by atoms with Gasteiger partial charge >= 0.3 is 0 Å². The highest BCUT2D eigenvalue weighted by Crippen LogP contribution is 2.41. The van der Waals surface area contributed by atoms with Crippen LogP contribution in [0.15, 0.2) is 22.9 Å². The molecule has 0 spiro atoms. The van der Waals surface area contributed by atoms with Gasteiger partial charge in [-0.2, -0.15) is 0 Å². The Balaban J connectivity index is 2.66. The second-order valence-corrected chi connectivity index (χ2v) is 5.32. The molecule has 1 rings (SSSR count). The van der Waals surface area contributed by atoms with Crippen molar-refractivity contribution in [2.24, 2.45) is 11.3 Å². The minimum Gasteiger partial charge on any atom is -0.512 e. The molecule has 0 amide bonds. The third-order valence-corrected chi connectivity index (χ3v) is 3.13. The first kappa shape index (κ1) is 11.6. The number of rotatable bonds is 3. The van der Waals surface area contributed by atoms with E-state index in [2.05, 4.69) is 20.8 Å². The van der Waals surface area contributed by atoms with Crippen LogP contribution in [0.5, 0.6) is 0 Å². The lowest BCUT2D eigenvalue weighted by atomic mass is 9.76. The first-order valence-electron chi connectivity index (χ1n) is 5.20. The van der Waals surface area contributed by atoms with Crippen molar-refractivity contribution in [1.82, 2.24) is 0 Å². The number of hydrogen-bond donors (Lipinski definition) is 1. The predicted molar refractivity (Wildman–Crippen MR) is 61.4 cm³/mol. The fourth-order valence-electron chi connectivity index (χ4n) is 1.72. The number of hydrogen-bond acceptors (Lipinski definition) is 1. The third-order valence-electron chi connectivity index (χ3n) is 2.87. The smallest absolute Gasteiger partial charge is 0.0985 e. The Bertz CT molecular complexity index is 265. The Labute approximate surface area is 91.5 Å². The summed E-state index contributed by atoms with van der Waals surface area (Å²) < 4.78 is 0. The van der Waals surface area contributed by atoms with Crippen LogP contribution < -0.4 is 0 Å². The summed E-state index contributed by atoms with van der Waals surface area (Å²) in [5.74, 6) is 1.15. The highest BCUT2D eigenvalue weighted by molar-refractivity contribution is 6.29. The summed E-state index contributed by atoms with van der Waals surface area (Å²) in [5.41, 5.74) is -0.143. The SMILES string of the molecule is CC(C)CCC1(C)CC(Cl)=CC=C1O. The summed E-state index contributed by atoms with van der Waals surface area (Å²) in [5, 5.41) is 10.7. The molecule has 80 valence electrons. The molecule has 2 heteroatoms. The van der Waals surface area contributed by atoms with Gasteiger partial charge in [-0.05, 0) is 30.9 Å². The van der Waals surface area contributed by atoms with Gasteiger partial charge in [0.1, 0.15) is 0 Å². The lowest BCUT2D eigenvalue weighted by molar-refractivity contribution is 0.209. The Morgan fingerprint density at radius 1 is 1.50 bits per heavy atom. The lowest BCUT2D eigenvalue weighted by Crippen LogP contribution is -2.22. The van der Waals surface area contributed by atoms with Gasteiger partial charge in [0.2, 0.25) is 0 Å². The zero-order valence-electron chi connectivity index (χ0n) is 9.18. The normalized spacial score (nSPS) is 27.5. The maximum Gasteiger partial charge on any atom is 0.0985 e. The molecular formula is C12H19ClO. The van der Waals surface area contributed by atoms with E-state index in [1.165, 1.54) is 0 Å². The van der Waals surface area contributed by atoms with Crippen molar-refractivity contribution in [2.75, 3.05) is 0 Å². The Morgan fingerprint density at radius 3 is 2.71 bits per heavy atom. The van der Waals surface area contributed by atoms with Crippen molar-refractivity contribution >= 4 is 11.6 Å². The molecule has 0 aromatic carbocycles. The average molecular weight is 215 g/mol. The number of aliphatic hydroxyl groups excluding tert-OH is 1. The first-order valence-corrected chi connectivity index (χ1v) is 5.57. The summed E-state index contributed by atoms with van der Waals surface area (Å²) in [6.45, 7) is 6.48. The van der Waals surface area contributed by atoms with E-state index in [4.69, 9.17) is 11.6 Å². The molecule has 0 aromatic heterocycles.